The van der Waals surface area contributed by atoms with Crippen LogP contribution in [0.5, 0.6) is 0 Å². The lowest BCUT2D eigenvalue weighted by atomic mass is 10.2. The Balaban J connectivity index is 2.66. The Hall–Kier alpha value is -0.930. The molecule has 0 aliphatic heterocycles. The second kappa shape index (κ2) is 5.97. The number of guanidine groups is 1. The highest BCUT2D eigenvalue weighted by molar-refractivity contribution is 6.42. The molecule has 0 bridgehead atoms. The van der Waals surface area contributed by atoms with Crippen molar-refractivity contribution in [2.75, 3.05) is 11.9 Å². The van der Waals surface area contributed by atoms with E-state index >= 15 is 0 Å². The zero-order valence-electron chi connectivity index (χ0n) is 9.30. The molecule has 88 valence electrons. The van der Waals surface area contributed by atoms with Crippen LogP contribution in [0.3, 0.4) is 0 Å². The normalized spacial score (nSPS) is 11.9. The van der Waals surface area contributed by atoms with Crippen LogP contribution in [0.25, 0.3) is 0 Å². The first kappa shape index (κ1) is 13.1. The molecule has 1 aromatic carbocycles. The van der Waals surface area contributed by atoms with Gasteiger partial charge in [0.15, 0.2) is 5.96 Å². The Morgan fingerprint density at radius 2 is 2.06 bits per heavy atom. The average molecular weight is 260 g/mol. The van der Waals surface area contributed by atoms with Gasteiger partial charge in [0.05, 0.1) is 10.0 Å². The molecule has 0 aliphatic carbocycles. The van der Waals surface area contributed by atoms with E-state index in [9.17, 15) is 0 Å². The van der Waals surface area contributed by atoms with Crippen molar-refractivity contribution in [3.05, 3.63) is 28.2 Å². The van der Waals surface area contributed by atoms with Crippen LogP contribution in [-0.4, -0.2) is 12.5 Å². The number of nitrogens with two attached hydrogens (primary N) is 1. The van der Waals surface area contributed by atoms with Gasteiger partial charge >= 0.3 is 0 Å². The number of nitrogens with zero attached hydrogens (tertiary/aromatic N) is 1. The van der Waals surface area contributed by atoms with Gasteiger partial charge in [0, 0.05) is 12.2 Å². The van der Waals surface area contributed by atoms with Crippen molar-refractivity contribution >= 4 is 34.8 Å². The summed E-state index contributed by atoms with van der Waals surface area (Å²) >= 11 is 11.7. The Morgan fingerprint density at radius 3 is 2.62 bits per heavy atom. The number of anilines is 1. The molecule has 0 saturated heterocycles. The topological polar surface area (TPSA) is 50.4 Å². The van der Waals surface area contributed by atoms with Gasteiger partial charge in [-0.15, -0.1) is 0 Å². The summed E-state index contributed by atoms with van der Waals surface area (Å²) in [6.45, 7) is 4.85. The second-order valence-corrected chi connectivity index (χ2v) is 4.69. The van der Waals surface area contributed by atoms with Gasteiger partial charge < -0.3 is 11.1 Å². The quantitative estimate of drug-likeness (QED) is 0.646. The van der Waals surface area contributed by atoms with E-state index in [1.807, 2.05) is 0 Å². The van der Waals surface area contributed by atoms with Crippen LogP contribution in [0.4, 0.5) is 5.69 Å². The largest absolute Gasteiger partial charge is 0.370 e. The first-order chi connectivity index (χ1) is 7.49. The van der Waals surface area contributed by atoms with Crippen molar-refractivity contribution in [3.8, 4) is 0 Å². The number of hydrogen-bond donors (Lipinski definition) is 2. The number of hydrogen-bond acceptors (Lipinski definition) is 1. The van der Waals surface area contributed by atoms with Gasteiger partial charge in [-0.3, -0.25) is 4.99 Å². The summed E-state index contributed by atoms with van der Waals surface area (Å²) in [5, 5.41) is 3.96. The summed E-state index contributed by atoms with van der Waals surface area (Å²) in [6, 6.07) is 5.22. The summed E-state index contributed by atoms with van der Waals surface area (Å²) in [7, 11) is 0. The van der Waals surface area contributed by atoms with E-state index in [1.165, 1.54) is 0 Å². The zero-order valence-corrected chi connectivity index (χ0v) is 10.8. The van der Waals surface area contributed by atoms with E-state index in [0.717, 1.165) is 5.69 Å². The standard InChI is InChI=1S/C11H15Cl2N3/c1-7(2)6-15-11(14)16-8-3-4-9(12)10(13)5-8/h3-5,7H,6H2,1-2H3,(H3,14,15,16). The fraction of sp³-hybridized carbons (Fsp3) is 0.364. The fourth-order valence-electron chi connectivity index (χ4n) is 1.04. The Bertz CT molecular complexity index is 389. The van der Waals surface area contributed by atoms with Crippen LogP contribution in [0.2, 0.25) is 10.0 Å². The van der Waals surface area contributed by atoms with Gasteiger partial charge in [0.2, 0.25) is 0 Å². The van der Waals surface area contributed by atoms with Crippen molar-refractivity contribution in [1.29, 1.82) is 0 Å². The van der Waals surface area contributed by atoms with Gasteiger partial charge in [-0.1, -0.05) is 37.0 Å². The van der Waals surface area contributed by atoms with Crippen LogP contribution in [0.1, 0.15) is 13.8 Å². The molecule has 1 aromatic rings. The summed E-state index contributed by atoms with van der Waals surface area (Å²) in [5.41, 5.74) is 6.48. The molecule has 0 atom stereocenters. The third-order valence-corrected chi connectivity index (χ3v) is 2.56. The molecule has 0 fully saturated rings. The summed E-state index contributed by atoms with van der Waals surface area (Å²) in [4.78, 5) is 4.18. The molecule has 0 unspecified atom stereocenters. The van der Waals surface area contributed by atoms with Crippen molar-refractivity contribution in [2.45, 2.75) is 13.8 Å². The molecule has 0 aliphatic rings. The van der Waals surface area contributed by atoms with Crippen LogP contribution >= 0.6 is 23.2 Å². The highest BCUT2D eigenvalue weighted by Crippen LogP contribution is 2.24. The maximum Gasteiger partial charge on any atom is 0.193 e. The number of benzene rings is 1. The third kappa shape index (κ3) is 4.29. The summed E-state index contributed by atoms with van der Waals surface area (Å²) < 4.78 is 0. The molecule has 0 spiro atoms. The smallest absolute Gasteiger partial charge is 0.193 e. The molecule has 0 saturated carbocycles. The molecule has 5 heteroatoms. The van der Waals surface area contributed by atoms with Crippen LogP contribution in [0.15, 0.2) is 23.2 Å². The van der Waals surface area contributed by atoms with Crippen LogP contribution < -0.4 is 11.1 Å². The van der Waals surface area contributed by atoms with E-state index in [2.05, 4.69) is 24.2 Å². The molecular weight excluding hydrogens is 245 g/mol. The molecule has 0 aromatic heterocycles. The fourth-order valence-corrected chi connectivity index (χ4v) is 1.34. The summed E-state index contributed by atoms with van der Waals surface area (Å²) in [5.74, 6) is 0.862. The van der Waals surface area contributed by atoms with E-state index < -0.39 is 0 Å². The lowest BCUT2D eigenvalue weighted by molar-refractivity contribution is 0.665. The second-order valence-electron chi connectivity index (χ2n) is 3.87. The maximum absolute atomic E-state index is 5.87. The Kier molecular flexibility index (Phi) is 4.90. The molecule has 3 N–H and O–H groups in total. The zero-order chi connectivity index (χ0) is 12.1. The predicted molar refractivity (Wildman–Crippen MR) is 71.4 cm³/mol. The molecule has 0 radical (unpaired) electrons. The van der Waals surface area contributed by atoms with Crippen LogP contribution in [-0.2, 0) is 0 Å². The van der Waals surface area contributed by atoms with Gasteiger partial charge in [-0.2, -0.15) is 0 Å². The van der Waals surface area contributed by atoms with E-state index in [4.69, 9.17) is 28.9 Å². The van der Waals surface area contributed by atoms with Gasteiger partial charge in [-0.05, 0) is 24.1 Å². The first-order valence-corrected chi connectivity index (χ1v) is 5.76. The lowest BCUT2D eigenvalue weighted by Gasteiger charge is -2.07. The monoisotopic (exact) mass is 259 g/mol. The molecule has 1 rings (SSSR count). The predicted octanol–water partition coefficient (Wildman–Crippen LogP) is 3.38. The summed E-state index contributed by atoms with van der Waals surface area (Å²) in [6.07, 6.45) is 0. The molecule has 0 heterocycles. The number of rotatable bonds is 3. The lowest BCUT2D eigenvalue weighted by Crippen LogP contribution is -2.23. The van der Waals surface area contributed by atoms with Gasteiger partial charge in [-0.25, -0.2) is 0 Å². The molecule has 0 amide bonds. The van der Waals surface area contributed by atoms with Crippen molar-refractivity contribution in [2.24, 2.45) is 16.6 Å². The highest BCUT2D eigenvalue weighted by Gasteiger charge is 2.00. The number of aliphatic imine (C=N–C) groups is 1. The van der Waals surface area contributed by atoms with Crippen LogP contribution in [0, 0.1) is 5.92 Å². The minimum atomic E-state index is 0.382. The van der Waals surface area contributed by atoms with E-state index in [-0.39, 0.29) is 0 Å². The SMILES string of the molecule is CC(C)CN=C(N)Nc1ccc(Cl)c(Cl)c1. The third-order valence-electron chi connectivity index (χ3n) is 1.82. The average Bonchev–Trinajstić information content (AvgIpc) is 2.21. The Morgan fingerprint density at radius 1 is 1.38 bits per heavy atom. The van der Waals surface area contributed by atoms with Crippen molar-refractivity contribution < 1.29 is 0 Å². The minimum Gasteiger partial charge on any atom is -0.370 e. The highest BCUT2D eigenvalue weighted by atomic mass is 35.5. The number of nitrogens with one attached hydrogen (secondary N) is 1. The first-order valence-electron chi connectivity index (χ1n) is 5.01. The molecule has 16 heavy (non-hydrogen) atoms. The van der Waals surface area contributed by atoms with E-state index in [0.29, 0.717) is 28.5 Å². The van der Waals surface area contributed by atoms with Crippen molar-refractivity contribution in [1.82, 2.24) is 0 Å². The molecule has 3 nitrogen and oxygen atoms in total. The van der Waals surface area contributed by atoms with Crippen molar-refractivity contribution in [3.63, 3.8) is 0 Å². The maximum atomic E-state index is 5.87. The van der Waals surface area contributed by atoms with Gasteiger partial charge in [0.25, 0.3) is 0 Å². The Labute approximate surface area is 106 Å². The van der Waals surface area contributed by atoms with E-state index in [1.54, 1.807) is 18.2 Å². The number of halogens is 2. The molecular formula is C11H15Cl2N3. The van der Waals surface area contributed by atoms with Gasteiger partial charge in [0.1, 0.15) is 0 Å². The minimum absolute atomic E-state index is 0.382.